The summed E-state index contributed by atoms with van der Waals surface area (Å²) < 4.78 is 0. The maximum Gasteiger partial charge on any atom is 0.0389 e. The van der Waals surface area contributed by atoms with E-state index >= 15 is 0 Å². The molecule has 0 bridgehead atoms. The van der Waals surface area contributed by atoms with Crippen molar-refractivity contribution >= 4 is 6.21 Å². The number of rotatable bonds is 9. The van der Waals surface area contributed by atoms with Crippen molar-refractivity contribution in [2.75, 3.05) is 6.54 Å². The number of unbranched alkanes of at least 4 members (excludes halogenated alkanes) is 2. The molecule has 0 amide bonds. The molecule has 0 aromatic heterocycles. The molecule has 0 heterocycles. The van der Waals surface area contributed by atoms with E-state index in [0.717, 1.165) is 19.4 Å². The second-order valence-corrected chi connectivity index (χ2v) is 5.84. The Hall–Kier alpha value is -2.41. The first kappa shape index (κ1) is 17.9. The predicted molar refractivity (Wildman–Crippen MR) is 107 cm³/mol. The van der Waals surface area contributed by atoms with Crippen molar-refractivity contribution in [3.63, 3.8) is 0 Å². The summed E-state index contributed by atoms with van der Waals surface area (Å²) in [4.78, 5) is 4.39. The molecule has 1 nitrogen and oxygen atoms in total. The fourth-order valence-electron chi connectivity index (χ4n) is 2.56. The van der Waals surface area contributed by atoms with Crippen LogP contribution in [0.3, 0.4) is 0 Å². The molecule has 0 unspecified atom stereocenters. The van der Waals surface area contributed by atoms with Gasteiger partial charge in [-0.25, -0.2) is 0 Å². The van der Waals surface area contributed by atoms with Crippen molar-refractivity contribution in [3.8, 4) is 11.1 Å². The number of nitrogens with zero attached hydrogens (tertiary/aromatic N) is 1. The molecule has 2 rings (SSSR count). The maximum atomic E-state index is 4.39. The lowest BCUT2D eigenvalue weighted by atomic mass is 10.0. The van der Waals surface area contributed by atoms with E-state index in [1.54, 1.807) is 0 Å². The van der Waals surface area contributed by atoms with Gasteiger partial charge in [-0.05, 0) is 49.0 Å². The van der Waals surface area contributed by atoms with Crippen LogP contribution in [0.15, 0.2) is 83.9 Å². The number of hydrogen-bond donors (Lipinski definition) is 0. The number of allylic oxidation sites excluding steroid dienone is 4. The minimum atomic E-state index is 0.924. The van der Waals surface area contributed by atoms with Gasteiger partial charge in [-0.3, -0.25) is 4.99 Å². The summed E-state index contributed by atoms with van der Waals surface area (Å²) in [7, 11) is 0. The first-order chi connectivity index (χ1) is 11.9. The average molecular weight is 317 g/mol. The third kappa shape index (κ3) is 6.78. The first-order valence-electron chi connectivity index (χ1n) is 8.82. The molecule has 2 aromatic carbocycles. The molecule has 0 fully saturated rings. The van der Waals surface area contributed by atoms with Gasteiger partial charge in [0.25, 0.3) is 0 Å². The summed E-state index contributed by atoms with van der Waals surface area (Å²) in [5, 5.41) is 0. The Bertz CT molecular complexity index is 648. The van der Waals surface area contributed by atoms with Crippen molar-refractivity contribution in [2.24, 2.45) is 4.99 Å². The molecular weight excluding hydrogens is 290 g/mol. The molecule has 24 heavy (non-hydrogen) atoms. The standard InChI is InChI=1S/C23H27N/c1-2-3-4-10-19-24-20-11-6-7-12-21-15-17-23(18-16-21)22-13-8-5-9-14-22/h2-5,8-10,13-19H,6-7,11-12,20H2,1H3/b3-2-,10-4-,24-19?. The Morgan fingerprint density at radius 1 is 0.750 bits per heavy atom. The Morgan fingerprint density at radius 3 is 2.25 bits per heavy atom. The van der Waals surface area contributed by atoms with E-state index in [0.29, 0.717) is 0 Å². The van der Waals surface area contributed by atoms with Gasteiger partial charge < -0.3 is 0 Å². The third-order valence-electron chi connectivity index (χ3n) is 3.92. The maximum absolute atomic E-state index is 4.39. The average Bonchev–Trinajstić information content (AvgIpc) is 2.64. The quantitative estimate of drug-likeness (QED) is 0.293. The van der Waals surface area contributed by atoms with Crippen LogP contribution in [-0.2, 0) is 6.42 Å². The lowest BCUT2D eigenvalue weighted by Gasteiger charge is -2.04. The van der Waals surface area contributed by atoms with Gasteiger partial charge in [0, 0.05) is 12.8 Å². The van der Waals surface area contributed by atoms with Gasteiger partial charge in [0.1, 0.15) is 0 Å². The number of benzene rings is 2. The Morgan fingerprint density at radius 2 is 1.50 bits per heavy atom. The Labute approximate surface area is 146 Å². The van der Waals surface area contributed by atoms with Crippen molar-refractivity contribution < 1.29 is 0 Å². The van der Waals surface area contributed by atoms with Gasteiger partial charge in [-0.1, -0.05) is 79.2 Å². The highest BCUT2D eigenvalue weighted by molar-refractivity contribution is 5.71. The molecule has 2 aromatic rings. The van der Waals surface area contributed by atoms with Gasteiger partial charge in [-0.15, -0.1) is 0 Å². The number of aliphatic imine (C=N–C) groups is 1. The van der Waals surface area contributed by atoms with Gasteiger partial charge >= 0.3 is 0 Å². The third-order valence-corrected chi connectivity index (χ3v) is 3.92. The smallest absolute Gasteiger partial charge is 0.0389 e. The van der Waals surface area contributed by atoms with E-state index in [2.05, 4.69) is 59.6 Å². The zero-order chi connectivity index (χ0) is 16.9. The van der Waals surface area contributed by atoms with Crippen molar-refractivity contribution in [3.05, 3.63) is 84.5 Å². The fraction of sp³-hybridized carbons (Fsp3) is 0.261. The van der Waals surface area contributed by atoms with Gasteiger partial charge in [0.15, 0.2) is 0 Å². The highest BCUT2D eigenvalue weighted by Crippen LogP contribution is 2.19. The summed E-state index contributed by atoms with van der Waals surface area (Å²) in [6.45, 7) is 2.93. The molecule has 0 saturated carbocycles. The van der Waals surface area contributed by atoms with Crippen LogP contribution in [-0.4, -0.2) is 12.8 Å². The SMILES string of the molecule is C/C=C\C=C/C=NCCCCCc1ccc(-c2ccccc2)cc1. The first-order valence-corrected chi connectivity index (χ1v) is 8.82. The van der Waals surface area contributed by atoms with E-state index in [1.807, 2.05) is 37.4 Å². The largest absolute Gasteiger partial charge is 0.293 e. The zero-order valence-electron chi connectivity index (χ0n) is 14.6. The fourth-order valence-corrected chi connectivity index (χ4v) is 2.56. The van der Waals surface area contributed by atoms with Crippen LogP contribution >= 0.6 is 0 Å². The molecule has 0 atom stereocenters. The second kappa shape index (κ2) is 11.2. The molecule has 0 aliphatic rings. The summed E-state index contributed by atoms with van der Waals surface area (Å²) in [6, 6.07) is 19.5. The van der Waals surface area contributed by atoms with Crippen LogP contribution in [0.2, 0.25) is 0 Å². The monoisotopic (exact) mass is 317 g/mol. The molecular formula is C23H27N. The van der Waals surface area contributed by atoms with Crippen LogP contribution in [0.5, 0.6) is 0 Å². The van der Waals surface area contributed by atoms with E-state index in [1.165, 1.54) is 29.5 Å². The molecule has 124 valence electrons. The lowest BCUT2D eigenvalue weighted by Crippen LogP contribution is -1.88. The number of hydrogen-bond acceptors (Lipinski definition) is 1. The Kier molecular flexibility index (Phi) is 8.35. The van der Waals surface area contributed by atoms with Crippen molar-refractivity contribution in [1.82, 2.24) is 0 Å². The highest BCUT2D eigenvalue weighted by Gasteiger charge is 1.97. The minimum absolute atomic E-state index is 0.924. The molecule has 0 saturated heterocycles. The normalized spacial score (nSPS) is 11.9. The molecule has 0 aliphatic carbocycles. The Balaban J connectivity index is 1.64. The van der Waals surface area contributed by atoms with Gasteiger partial charge in [0.05, 0.1) is 0 Å². The molecule has 0 spiro atoms. The minimum Gasteiger partial charge on any atom is -0.293 e. The van der Waals surface area contributed by atoms with Crippen LogP contribution in [0.4, 0.5) is 0 Å². The second-order valence-electron chi connectivity index (χ2n) is 5.84. The molecule has 0 radical (unpaired) electrons. The van der Waals surface area contributed by atoms with E-state index in [-0.39, 0.29) is 0 Å². The summed E-state index contributed by atoms with van der Waals surface area (Å²) >= 11 is 0. The molecule has 1 heteroatoms. The number of aryl methyl sites for hydroxylation is 1. The summed E-state index contributed by atoms with van der Waals surface area (Å²) in [5.41, 5.74) is 4.00. The van der Waals surface area contributed by atoms with Crippen molar-refractivity contribution in [1.29, 1.82) is 0 Å². The topological polar surface area (TPSA) is 12.4 Å². The van der Waals surface area contributed by atoms with Crippen LogP contribution in [0.1, 0.15) is 31.7 Å². The molecule has 0 N–H and O–H groups in total. The van der Waals surface area contributed by atoms with Crippen LogP contribution in [0.25, 0.3) is 11.1 Å². The van der Waals surface area contributed by atoms with Gasteiger partial charge in [-0.2, -0.15) is 0 Å². The predicted octanol–water partition coefficient (Wildman–Crippen LogP) is 6.27. The van der Waals surface area contributed by atoms with Gasteiger partial charge in [0.2, 0.25) is 0 Å². The van der Waals surface area contributed by atoms with E-state index in [4.69, 9.17) is 0 Å². The highest BCUT2D eigenvalue weighted by atomic mass is 14.7. The van der Waals surface area contributed by atoms with Crippen molar-refractivity contribution in [2.45, 2.75) is 32.6 Å². The van der Waals surface area contributed by atoms with Crippen LogP contribution in [0, 0.1) is 0 Å². The van der Waals surface area contributed by atoms with E-state index < -0.39 is 0 Å². The van der Waals surface area contributed by atoms with Crippen LogP contribution < -0.4 is 0 Å². The molecule has 0 aliphatic heterocycles. The van der Waals surface area contributed by atoms with E-state index in [9.17, 15) is 0 Å². The zero-order valence-corrected chi connectivity index (χ0v) is 14.6. The summed E-state index contributed by atoms with van der Waals surface area (Å²) in [6.07, 6.45) is 14.7. The summed E-state index contributed by atoms with van der Waals surface area (Å²) in [5.74, 6) is 0. The lowest BCUT2D eigenvalue weighted by molar-refractivity contribution is 0.688.